The molecule has 0 saturated carbocycles. The van der Waals surface area contributed by atoms with Crippen LogP contribution in [-0.4, -0.2) is 55.5 Å². The van der Waals surface area contributed by atoms with Gasteiger partial charge in [0.2, 0.25) is 0 Å². The van der Waals surface area contributed by atoms with Crippen molar-refractivity contribution in [3.63, 3.8) is 0 Å². The van der Waals surface area contributed by atoms with E-state index in [-0.39, 0.29) is 12.7 Å². The number of hydrogen-bond acceptors (Lipinski definition) is 4. The highest BCUT2D eigenvalue weighted by molar-refractivity contribution is 5.67. The van der Waals surface area contributed by atoms with E-state index in [1.54, 1.807) is 4.90 Å². The molecule has 5 nitrogen and oxygen atoms in total. The van der Waals surface area contributed by atoms with Gasteiger partial charge in [-0.05, 0) is 6.42 Å². The number of aliphatic hydroxyl groups excluding tert-OH is 1. The Kier molecular flexibility index (Phi) is 3.98. The highest BCUT2D eigenvalue weighted by Crippen LogP contribution is 2.09. The quantitative estimate of drug-likeness (QED) is 0.621. The van der Waals surface area contributed by atoms with Crippen LogP contribution in [0.3, 0.4) is 0 Å². The van der Waals surface area contributed by atoms with E-state index < -0.39 is 0 Å². The van der Waals surface area contributed by atoms with Crippen LogP contribution in [0.15, 0.2) is 0 Å². The number of carbonyl (C=O) groups excluding carboxylic acids is 1. The molecular weight excluding hydrogens is 172 g/mol. The molecule has 1 rings (SSSR count). The molecule has 13 heavy (non-hydrogen) atoms. The van der Waals surface area contributed by atoms with E-state index in [2.05, 4.69) is 10.1 Å². The third-order valence-electron chi connectivity index (χ3n) is 2.17. The minimum absolute atomic E-state index is 0.134. The number of hydrogen-bond donors (Lipinski definition) is 2. The lowest BCUT2D eigenvalue weighted by Crippen LogP contribution is -2.36. The van der Waals surface area contributed by atoms with Crippen molar-refractivity contribution in [2.75, 3.05) is 33.4 Å². The summed E-state index contributed by atoms with van der Waals surface area (Å²) >= 11 is 0. The van der Waals surface area contributed by atoms with E-state index in [1.165, 1.54) is 7.11 Å². The lowest BCUT2D eigenvalue weighted by molar-refractivity contribution is 0.132. The second kappa shape index (κ2) is 5.04. The van der Waals surface area contributed by atoms with Gasteiger partial charge in [0.15, 0.2) is 0 Å². The maximum Gasteiger partial charge on any atom is 0.409 e. The first kappa shape index (κ1) is 10.3. The molecule has 0 spiro atoms. The molecule has 2 N–H and O–H groups in total. The number of aliphatic hydroxyl groups is 1. The number of methoxy groups -OCH3 is 1. The molecule has 0 aromatic carbocycles. The summed E-state index contributed by atoms with van der Waals surface area (Å²) in [6.07, 6.45) is 0.656. The van der Waals surface area contributed by atoms with Crippen molar-refractivity contribution in [3.8, 4) is 0 Å². The number of ether oxygens (including phenoxy) is 1. The lowest BCUT2D eigenvalue weighted by atomic mass is 10.3. The maximum absolute atomic E-state index is 11.1. The topological polar surface area (TPSA) is 61.8 Å². The number of amides is 1. The Morgan fingerprint density at radius 1 is 1.77 bits per heavy atom. The van der Waals surface area contributed by atoms with Crippen LogP contribution in [0.25, 0.3) is 0 Å². The van der Waals surface area contributed by atoms with Crippen molar-refractivity contribution in [1.29, 1.82) is 0 Å². The van der Waals surface area contributed by atoms with Gasteiger partial charge in [-0.25, -0.2) is 4.79 Å². The lowest BCUT2D eigenvalue weighted by Gasteiger charge is -2.14. The zero-order chi connectivity index (χ0) is 9.68. The fourth-order valence-corrected chi connectivity index (χ4v) is 1.49. The molecule has 1 fully saturated rings. The Morgan fingerprint density at radius 3 is 3.15 bits per heavy atom. The Labute approximate surface area is 77.7 Å². The molecule has 0 aliphatic carbocycles. The summed E-state index contributed by atoms with van der Waals surface area (Å²) in [6, 6.07) is 0.297. The van der Waals surface area contributed by atoms with Gasteiger partial charge in [0.25, 0.3) is 0 Å². The fraction of sp³-hybridized carbons (Fsp3) is 0.875. The van der Waals surface area contributed by atoms with Crippen LogP contribution in [0.5, 0.6) is 0 Å². The van der Waals surface area contributed by atoms with E-state index in [9.17, 15) is 4.79 Å². The molecule has 5 heteroatoms. The summed E-state index contributed by atoms with van der Waals surface area (Å²) in [4.78, 5) is 12.7. The number of nitrogens with one attached hydrogen (secondary N) is 1. The van der Waals surface area contributed by atoms with E-state index in [4.69, 9.17) is 5.11 Å². The largest absolute Gasteiger partial charge is 0.453 e. The third-order valence-corrected chi connectivity index (χ3v) is 2.17. The minimum Gasteiger partial charge on any atom is -0.453 e. The van der Waals surface area contributed by atoms with E-state index >= 15 is 0 Å². The average Bonchev–Trinajstić information content (AvgIpc) is 2.62. The SMILES string of the molecule is COC(=O)N1CCC(NCCO)C1. The zero-order valence-electron chi connectivity index (χ0n) is 7.82. The summed E-state index contributed by atoms with van der Waals surface area (Å²) in [7, 11) is 1.39. The molecule has 0 aromatic rings. The Bertz CT molecular complexity index is 175. The first-order valence-corrected chi connectivity index (χ1v) is 4.45. The first-order valence-electron chi connectivity index (χ1n) is 4.45. The van der Waals surface area contributed by atoms with E-state index in [0.29, 0.717) is 19.1 Å². The van der Waals surface area contributed by atoms with Crippen molar-refractivity contribution >= 4 is 6.09 Å². The van der Waals surface area contributed by atoms with Crippen LogP contribution in [0.4, 0.5) is 4.79 Å². The summed E-state index contributed by atoms with van der Waals surface area (Å²) in [5.74, 6) is 0. The van der Waals surface area contributed by atoms with Gasteiger partial charge in [-0.3, -0.25) is 0 Å². The highest BCUT2D eigenvalue weighted by atomic mass is 16.5. The molecule has 1 saturated heterocycles. The molecule has 76 valence electrons. The van der Waals surface area contributed by atoms with Gasteiger partial charge in [0.05, 0.1) is 13.7 Å². The third kappa shape index (κ3) is 2.86. The molecule has 1 heterocycles. The molecule has 0 aromatic heterocycles. The van der Waals surface area contributed by atoms with Gasteiger partial charge in [-0.15, -0.1) is 0 Å². The van der Waals surface area contributed by atoms with Crippen molar-refractivity contribution < 1.29 is 14.6 Å². The normalized spacial score (nSPS) is 22.0. The molecule has 0 radical (unpaired) electrons. The monoisotopic (exact) mass is 188 g/mol. The molecule has 1 aliphatic heterocycles. The first-order chi connectivity index (χ1) is 6.27. The van der Waals surface area contributed by atoms with Crippen LogP contribution in [0.1, 0.15) is 6.42 Å². The van der Waals surface area contributed by atoms with Crippen LogP contribution < -0.4 is 5.32 Å². The fourth-order valence-electron chi connectivity index (χ4n) is 1.49. The summed E-state index contributed by atoms with van der Waals surface area (Å²) < 4.78 is 4.60. The number of nitrogens with zero attached hydrogens (tertiary/aromatic N) is 1. The maximum atomic E-state index is 11.1. The number of carbonyl (C=O) groups is 1. The molecule has 0 bridgehead atoms. The van der Waals surface area contributed by atoms with E-state index in [0.717, 1.165) is 13.0 Å². The van der Waals surface area contributed by atoms with Crippen LogP contribution in [0, 0.1) is 0 Å². The predicted octanol–water partition coefficient (Wildman–Crippen LogP) is -0.591. The Hall–Kier alpha value is -0.810. The van der Waals surface area contributed by atoms with Crippen molar-refractivity contribution in [1.82, 2.24) is 10.2 Å². The second-order valence-electron chi connectivity index (χ2n) is 3.08. The van der Waals surface area contributed by atoms with Gasteiger partial charge in [0.1, 0.15) is 0 Å². The van der Waals surface area contributed by atoms with Gasteiger partial charge < -0.3 is 20.1 Å². The van der Waals surface area contributed by atoms with Crippen molar-refractivity contribution in [2.45, 2.75) is 12.5 Å². The average molecular weight is 188 g/mol. The van der Waals surface area contributed by atoms with Crippen LogP contribution in [-0.2, 0) is 4.74 Å². The standard InChI is InChI=1S/C8H16N2O3/c1-13-8(12)10-4-2-7(6-10)9-3-5-11/h7,9,11H,2-6H2,1H3. The van der Waals surface area contributed by atoms with Gasteiger partial charge in [0, 0.05) is 25.7 Å². The smallest absolute Gasteiger partial charge is 0.409 e. The van der Waals surface area contributed by atoms with Gasteiger partial charge >= 0.3 is 6.09 Å². The predicted molar refractivity (Wildman–Crippen MR) is 47.5 cm³/mol. The summed E-state index contributed by atoms with van der Waals surface area (Å²) in [6.45, 7) is 2.12. The Balaban J connectivity index is 2.23. The minimum atomic E-state index is -0.270. The number of rotatable bonds is 3. The van der Waals surface area contributed by atoms with Crippen LogP contribution >= 0.6 is 0 Å². The molecule has 1 aliphatic rings. The molecule has 1 unspecified atom stereocenters. The van der Waals surface area contributed by atoms with E-state index in [1.807, 2.05) is 0 Å². The molecule has 1 amide bonds. The zero-order valence-corrected chi connectivity index (χ0v) is 7.82. The highest BCUT2D eigenvalue weighted by Gasteiger charge is 2.25. The van der Waals surface area contributed by atoms with Gasteiger partial charge in [-0.1, -0.05) is 0 Å². The van der Waals surface area contributed by atoms with Crippen LogP contribution in [0.2, 0.25) is 0 Å². The second-order valence-corrected chi connectivity index (χ2v) is 3.08. The van der Waals surface area contributed by atoms with Crippen molar-refractivity contribution in [3.05, 3.63) is 0 Å². The summed E-state index contributed by atoms with van der Waals surface area (Å²) in [5.41, 5.74) is 0. The van der Waals surface area contributed by atoms with Crippen molar-refractivity contribution in [2.24, 2.45) is 0 Å². The molecule has 1 atom stereocenters. The summed E-state index contributed by atoms with van der Waals surface area (Å²) in [5, 5.41) is 11.7. The van der Waals surface area contributed by atoms with Gasteiger partial charge in [-0.2, -0.15) is 0 Å². The Morgan fingerprint density at radius 2 is 2.54 bits per heavy atom. The number of likely N-dealkylation sites (tertiary alicyclic amines) is 1. The molecular formula is C8H16N2O3.